The zero-order valence-corrected chi connectivity index (χ0v) is 13.8. The highest BCUT2D eigenvalue weighted by Crippen LogP contribution is 2.17. The first-order chi connectivity index (χ1) is 11.6. The molecule has 0 amide bonds. The van der Waals surface area contributed by atoms with Gasteiger partial charge in [0.25, 0.3) is 0 Å². The van der Waals surface area contributed by atoms with Gasteiger partial charge in [-0.2, -0.15) is 0 Å². The average Bonchev–Trinajstić information content (AvgIpc) is 2.61. The number of nitrogens with zero attached hydrogens (tertiary/aromatic N) is 3. The maximum Gasteiger partial charge on any atom is 0.335 e. The maximum absolute atomic E-state index is 10.8. The van der Waals surface area contributed by atoms with Gasteiger partial charge in [0.2, 0.25) is 0 Å². The lowest BCUT2D eigenvalue weighted by Gasteiger charge is -2.33. The molecule has 2 aromatic rings. The quantitative estimate of drug-likeness (QED) is 0.877. The van der Waals surface area contributed by atoms with E-state index in [0.717, 1.165) is 43.2 Å². The molecular weight excluding hydrogens is 304 g/mol. The van der Waals surface area contributed by atoms with Gasteiger partial charge in [0.05, 0.1) is 17.4 Å². The van der Waals surface area contributed by atoms with Crippen molar-refractivity contribution in [1.29, 1.82) is 0 Å². The number of rotatable bonds is 5. The van der Waals surface area contributed by atoms with E-state index >= 15 is 0 Å². The average molecular weight is 326 g/mol. The number of nitrogens with one attached hydrogen (secondary N) is 1. The summed E-state index contributed by atoms with van der Waals surface area (Å²) >= 11 is 0. The van der Waals surface area contributed by atoms with Crippen LogP contribution in [-0.2, 0) is 6.54 Å². The predicted molar refractivity (Wildman–Crippen MR) is 94.7 cm³/mol. The monoisotopic (exact) mass is 326 g/mol. The minimum absolute atomic E-state index is 0.299. The van der Waals surface area contributed by atoms with Gasteiger partial charge < -0.3 is 20.2 Å². The van der Waals surface area contributed by atoms with Gasteiger partial charge in [0.1, 0.15) is 5.82 Å². The Kier molecular flexibility index (Phi) is 4.96. The van der Waals surface area contributed by atoms with Crippen molar-refractivity contribution in [2.24, 2.45) is 0 Å². The van der Waals surface area contributed by atoms with Crippen LogP contribution in [0.25, 0.3) is 0 Å². The molecule has 1 aromatic heterocycles. The van der Waals surface area contributed by atoms with Gasteiger partial charge in [-0.05, 0) is 36.9 Å². The molecule has 2 heterocycles. The third-order valence-corrected chi connectivity index (χ3v) is 4.29. The fourth-order valence-electron chi connectivity index (χ4n) is 2.70. The molecule has 1 saturated heterocycles. The number of carboxylic acid groups (broad SMARTS) is 1. The van der Waals surface area contributed by atoms with Crippen LogP contribution in [0.15, 0.2) is 42.6 Å². The Morgan fingerprint density at radius 1 is 1.12 bits per heavy atom. The first-order valence-electron chi connectivity index (χ1n) is 8.07. The third kappa shape index (κ3) is 4.02. The molecule has 6 heteroatoms. The van der Waals surface area contributed by atoms with Crippen LogP contribution in [0.5, 0.6) is 0 Å². The Labute approximate surface area is 141 Å². The first kappa shape index (κ1) is 16.3. The molecule has 0 radical (unpaired) electrons. The van der Waals surface area contributed by atoms with E-state index in [4.69, 9.17) is 5.11 Å². The molecule has 1 aliphatic rings. The molecule has 3 rings (SSSR count). The molecule has 126 valence electrons. The zero-order chi connectivity index (χ0) is 16.9. The SMILES string of the molecule is CN1CCN(c2ccc(NCc3ccc(C(=O)O)cc3)nc2)CC1. The molecule has 0 atom stereocenters. The van der Waals surface area contributed by atoms with Gasteiger partial charge in [-0.1, -0.05) is 12.1 Å². The summed E-state index contributed by atoms with van der Waals surface area (Å²) in [5.74, 6) is -0.0918. The van der Waals surface area contributed by atoms with Crippen molar-refractivity contribution in [1.82, 2.24) is 9.88 Å². The first-order valence-corrected chi connectivity index (χ1v) is 8.07. The highest BCUT2D eigenvalue weighted by atomic mass is 16.4. The van der Waals surface area contributed by atoms with Crippen molar-refractivity contribution in [3.05, 3.63) is 53.7 Å². The van der Waals surface area contributed by atoms with E-state index in [1.54, 1.807) is 12.1 Å². The van der Waals surface area contributed by atoms with Gasteiger partial charge >= 0.3 is 5.97 Å². The molecule has 0 spiro atoms. The zero-order valence-electron chi connectivity index (χ0n) is 13.8. The largest absolute Gasteiger partial charge is 0.478 e. The summed E-state index contributed by atoms with van der Waals surface area (Å²) in [4.78, 5) is 20.0. The summed E-state index contributed by atoms with van der Waals surface area (Å²) in [6.07, 6.45) is 1.90. The summed E-state index contributed by atoms with van der Waals surface area (Å²) in [6, 6.07) is 10.9. The number of carboxylic acids is 1. The number of anilines is 2. The van der Waals surface area contributed by atoms with E-state index in [1.807, 2.05) is 24.4 Å². The molecule has 1 aromatic carbocycles. The van der Waals surface area contributed by atoms with Gasteiger partial charge in [-0.15, -0.1) is 0 Å². The Bertz CT molecular complexity index is 677. The van der Waals surface area contributed by atoms with Crippen LogP contribution in [0.3, 0.4) is 0 Å². The number of piperazine rings is 1. The highest BCUT2D eigenvalue weighted by molar-refractivity contribution is 5.87. The standard InChI is InChI=1S/C18H22N4O2/c1-21-8-10-22(11-9-21)16-6-7-17(20-13-16)19-12-14-2-4-15(5-3-14)18(23)24/h2-7,13H,8-12H2,1H3,(H,19,20)(H,23,24). The Hall–Kier alpha value is -2.60. The highest BCUT2D eigenvalue weighted by Gasteiger charge is 2.14. The second-order valence-corrected chi connectivity index (χ2v) is 6.05. The van der Waals surface area contributed by atoms with Crippen molar-refractivity contribution < 1.29 is 9.90 Å². The molecule has 6 nitrogen and oxygen atoms in total. The van der Waals surface area contributed by atoms with E-state index in [0.29, 0.717) is 12.1 Å². The second-order valence-electron chi connectivity index (χ2n) is 6.05. The number of carbonyl (C=O) groups is 1. The van der Waals surface area contributed by atoms with Gasteiger partial charge in [-0.3, -0.25) is 0 Å². The topological polar surface area (TPSA) is 68.7 Å². The predicted octanol–water partition coefficient (Wildman–Crippen LogP) is 2.14. The Morgan fingerprint density at radius 2 is 1.83 bits per heavy atom. The summed E-state index contributed by atoms with van der Waals surface area (Å²) in [5, 5.41) is 12.2. The lowest BCUT2D eigenvalue weighted by molar-refractivity contribution is 0.0697. The smallest absolute Gasteiger partial charge is 0.335 e. The fraction of sp³-hybridized carbons (Fsp3) is 0.333. The van der Waals surface area contributed by atoms with E-state index in [1.165, 1.54) is 0 Å². The normalized spacial score (nSPS) is 15.3. The summed E-state index contributed by atoms with van der Waals surface area (Å²) in [5.41, 5.74) is 2.47. The minimum Gasteiger partial charge on any atom is -0.478 e. The Morgan fingerprint density at radius 3 is 2.42 bits per heavy atom. The summed E-state index contributed by atoms with van der Waals surface area (Å²) < 4.78 is 0. The van der Waals surface area contributed by atoms with Crippen LogP contribution in [-0.4, -0.2) is 54.2 Å². The number of likely N-dealkylation sites (N-methyl/N-ethyl adjacent to an activating group) is 1. The molecule has 1 fully saturated rings. The Balaban J connectivity index is 1.55. The van der Waals surface area contributed by atoms with Crippen molar-refractivity contribution in [2.75, 3.05) is 43.4 Å². The molecule has 0 aliphatic carbocycles. The van der Waals surface area contributed by atoms with Crippen LogP contribution < -0.4 is 10.2 Å². The molecule has 0 unspecified atom stereocenters. The van der Waals surface area contributed by atoms with Crippen molar-refractivity contribution in [3.63, 3.8) is 0 Å². The van der Waals surface area contributed by atoms with Crippen LogP contribution in [0, 0.1) is 0 Å². The lowest BCUT2D eigenvalue weighted by Crippen LogP contribution is -2.44. The number of hydrogen-bond donors (Lipinski definition) is 2. The number of pyridine rings is 1. The summed E-state index contributed by atoms with van der Waals surface area (Å²) in [7, 11) is 2.14. The number of benzene rings is 1. The number of aromatic nitrogens is 1. The van der Waals surface area contributed by atoms with E-state index < -0.39 is 5.97 Å². The maximum atomic E-state index is 10.8. The van der Waals surface area contributed by atoms with Gasteiger partial charge in [-0.25, -0.2) is 9.78 Å². The fourth-order valence-corrected chi connectivity index (χ4v) is 2.70. The van der Waals surface area contributed by atoms with Crippen LogP contribution >= 0.6 is 0 Å². The third-order valence-electron chi connectivity index (χ3n) is 4.29. The number of aromatic carboxylic acids is 1. The van der Waals surface area contributed by atoms with Crippen molar-refractivity contribution >= 4 is 17.5 Å². The van der Waals surface area contributed by atoms with E-state index in [-0.39, 0.29) is 0 Å². The van der Waals surface area contributed by atoms with Gasteiger partial charge in [0, 0.05) is 32.7 Å². The van der Waals surface area contributed by atoms with Crippen LogP contribution in [0.2, 0.25) is 0 Å². The molecule has 24 heavy (non-hydrogen) atoms. The van der Waals surface area contributed by atoms with Crippen molar-refractivity contribution in [3.8, 4) is 0 Å². The molecule has 0 saturated carbocycles. The lowest BCUT2D eigenvalue weighted by atomic mass is 10.1. The molecule has 2 N–H and O–H groups in total. The summed E-state index contributed by atoms with van der Waals surface area (Å²) in [6.45, 7) is 4.82. The van der Waals surface area contributed by atoms with E-state index in [9.17, 15) is 4.79 Å². The van der Waals surface area contributed by atoms with Crippen LogP contribution in [0.1, 0.15) is 15.9 Å². The molecular formula is C18H22N4O2. The second kappa shape index (κ2) is 7.31. The minimum atomic E-state index is -0.907. The van der Waals surface area contributed by atoms with Crippen molar-refractivity contribution in [2.45, 2.75) is 6.54 Å². The number of hydrogen-bond acceptors (Lipinski definition) is 5. The van der Waals surface area contributed by atoms with E-state index in [2.05, 4.69) is 33.2 Å². The molecule has 0 bridgehead atoms. The molecule has 1 aliphatic heterocycles. The van der Waals surface area contributed by atoms with Gasteiger partial charge in [0.15, 0.2) is 0 Å². The van der Waals surface area contributed by atoms with Crippen LogP contribution in [0.4, 0.5) is 11.5 Å².